The predicted molar refractivity (Wildman–Crippen MR) is 106 cm³/mol. The van der Waals surface area contributed by atoms with Crippen LogP contribution in [0.1, 0.15) is 10.4 Å². The number of imidazole rings is 1. The zero-order valence-electron chi connectivity index (χ0n) is 13.9. The highest BCUT2D eigenvalue weighted by atomic mass is 35.5. The van der Waals surface area contributed by atoms with Crippen molar-refractivity contribution < 1.29 is 14.9 Å². The standard InChI is InChI=1S/C20H13Cl2N3O2/c21-11-5-7-13(15(22)9-11)20(27)23-12-6-8-18(26)14(10-12)19-24-16-3-1-2-4-17(16)25-19/h1-10,26H,(H,23,27)(H,24,25)/p+1. The van der Waals surface area contributed by atoms with E-state index < -0.39 is 0 Å². The van der Waals surface area contributed by atoms with E-state index in [1.807, 2.05) is 24.3 Å². The molecule has 134 valence electrons. The topological polar surface area (TPSA) is 79.3 Å². The molecule has 0 spiro atoms. The lowest BCUT2D eigenvalue weighted by atomic mass is 10.1. The van der Waals surface area contributed by atoms with Gasteiger partial charge in [-0.05, 0) is 48.5 Å². The SMILES string of the molecule is O=C(Nc1ccc(O)c(-c2[nH]c3ccccc3[nH+]2)c1)c1ccc(Cl)cc1Cl. The minimum Gasteiger partial charge on any atom is -0.507 e. The first-order valence-corrected chi connectivity index (χ1v) is 8.87. The lowest BCUT2D eigenvalue weighted by Crippen LogP contribution is -2.12. The predicted octanol–water partition coefficient (Wildman–Crippen LogP) is 4.91. The van der Waals surface area contributed by atoms with Gasteiger partial charge in [0, 0.05) is 10.7 Å². The van der Waals surface area contributed by atoms with E-state index in [9.17, 15) is 9.90 Å². The van der Waals surface area contributed by atoms with Crippen molar-refractivity contribution in [2.45, 2.75) is 0 Å². The first-order valence-electron chi connectivity index (χ1n) is 8.11. The van der Waals surface area contributed by atoms with Crippen LogP contribution >= 0.6 is 23.2 Å². The van der Waals surface area contributed by atoms with Crippen LogP contribution in [0.4, 0.5) is 5.69 Å². The molecular weight excluding hydrogens is 385 g/mol. The van der Waals surface area contributed by atoms with Gasteiger partial charge in [-0.2, -0.15) is 0 Å². The van der Waals surface area contributed by atoms with Gasteiger partial charge in [0.2, 0.25) is 0 Å². The Morgan fingerprint density at radius 3 is 2.63 bits per heavy atom. The molecule has 7 heteroatoms. The molecule has 4 aromatic rings. The second-order valence-electron chi connectivity index (χ2n) is 5.98. The third-order valence-electron chi connectivity index (χ3n) is 4.15. The minimum absolute atomic E-state index is 0.0836. The van der Waals surface area contributed by atoms with Gasteiger partial charge in [-0.15, -0.1) is 0 Å². The molecule has 1 heterocycles. The molecule has 0 radical (unpaired) electrons. The first-order chi connectivity index (χ1) is 13.0. The Kier molecular flexibility index (Phi) is 4.48. The van der Waals surface area contributed by atoms with E-state index in [2.05, 4.69) is 15.3 Å². The summed E-state index contributed by atoms with van der Waals surface area (Å²) >= 11 is 12.0. The van der Waals surface area contributed by atoms with E-state index in [1.165, 1.54) is 12.1 Å². The van der Waals surface area contributed by atoms with Crippen molar-refractivity contribution in [3.05, 3.63) is 76.3 Å². The summed E-state index contributed by atoms with van der Waals surface area (Å²) in [6.45, 7) is 0. The Hall–Kier alpha value is -3.02. The van der Waals surface area contributed by atoms with Crippen molar-refractivity contribution >= 4 is 45.8 Å². The molecule has 0 aliphatic heterocycles. The molecule has 0 atom stereocenters. The summed E-state index contributed by atoms with van der Waals surface area (Å²) in [6.07, 6.45) is 0. The number of para-hydroxylation sites is 2. The number of amides is 1. The number of aromatic hydroxyl groups is 1. The van der Waals surface area contributed by atoms with Crippen LogP contribution in [0, 0.1) is 0 Å². The van der Waals surface area contributed by atoms with Gasteiger partial charge < -0.3 is 10.4 Å². The van der Waals surface area contributed by atoms with Crippen LogP contribution in [-0.4, -0.2) is 16.0 Å². The van der Waals surface area contributed by atoms with Crippen molar-refractivity contribution in [3.63, 3.8) is 0 Å². The van der Waals surface area contributed by atoms with Crippen LogP contribution in [0.5, 0.6) is 5.75 Å². The maximum atomic E-state index is 12.5. The number of benzene rings is 3. The van der Waals surface area contributed by atoms with E-state index in [-0.39, 0.29) is 16.7 Å². The highest BCUT2D eigenvalue weighted by Gasteiger charge is 2.18. The van der Waals surface area contributed by atoms with Gasteiger partial charge in [0.05, 0.1) is 10.6 Å². The fourth-order valence-corrected chi connectivity index (χ4v) is 3.32. The number of rotatable bonds is 3. The first kappa shape index (κ1) is 17.4. The maximum absolute atomic E-state index is 12.5. The summed E-state index contributed by atoms with van der Waals surface area (Å²) in [5, 5.41) is 13.8. The molecule has 5 nitrogen and oxygen atoms in total. The Morgan fingerprint density at radius 2 is 1.85 bits per heavy atom. The smallest absolute Gasteiger partial charge is 0.289 e. The number of phenols is 1. The van der Waals surface area contributed by atoms with Crippen molar-refractivity contribution in [2.24, 2.45) is 0 Å². The number of fused-ring (bicyclic) bond motifs is 1. The summed E-state index contributed by atoms with van der Waals surface area (Å²) in [7, 11) is 0. The number of phenolic OH excluding ortho intramolecular Hbond substituents is 1. The number of halogens is 2. The molecule has 0 unspecified atom stereocenters. The Morgan fingerprint density at radius 1 is 1.04 bits per heavy atom. The zero-order chi connectivity index (χ0) is 19.0. The van der Waals surface area contributed by atoms with Gasteiger partial charge >= 0.3 is 0 Å². The van der Waals surface area contributed by atoms with E-state index in [0.29, 0.717) is 27.7 Å². The Labute approximate surface area is 164 Å². The second-order valence-corrected chi connectivity index (χ2v) is 6.82. The normalized spacial score (nSPS) is 10.9. The number of nitrogens with one attached hydrogen (secondary N) is 3. The van der Waals surface area contributed by atoms with Crippen LogP contribution in [0.3, 0.4) is 0 Å². The molecule has 0 aliphatic carbocycles. The van der Waals surface area contributed by atoms with Crippen molar-refractivity contribution in [3.8, 4) is 17.1 Å². The molecule has 0 bridgehead atoms. The molecule has 3 aromatic carbocycles. The molecule has 0 saturated heterocycles. The van der Waals surface area contributed by atoms with Crippen molar-refractivity contribution in [1.29, 1.82) is 0 Å². The van der Waals surface area contributed by atoms with Crippen LogP contribution in [0.15, 0.2) is 60.7 Å². The fraction of sp³-hybridized carbons (Fsp3) is 0. The minimum atomic E-state index is -0.367. The third kappa shape index (κ3) is 3.47. The summed E-state index contributed by atoms with van der Waals surface area (Å²) in [4.78, 5) is 18.9. The van der Waals surface area contributed by atoms with Crippen LogP contribution in [0.25, 0.3) is 22.4 Å². The van der Waals surface area contributed by atoms with Gasteiger partial charge in [0.15, 0.2) is 11.0 Å². The number of carbonyl (C=O) groups is 1. The lowest BCUT2D eigenvalue weighted by Gasteiger charge is -2.08. The number of hydrogen-bond acceptors (Lipinski definition) is 2. The average molecular weight is 399 g/mol. The van der Waals surface area contributed by atoms with Gasteiger partial charge in [-0.1, -0.05) is 35.3 Å². The molecule has 27 heavy (non-hydrogen) atoms. The van der Waals surface area contributed by atoms with Gasteiger partial charge in [0.25, 0.3) is 11.7 Å². The van der Waals surface area contributed by atoms with Crippen LogP contribution in [0.2, 0.25) is 10.0 Å². The quantitative estimate of drug-likeness (QED) is 0.428. The third-order valence-corrected chi connectivity index (χ3v) is 4.69. The molecule has 0 aliphatic rings. The maximum Gasteiger partial charge on any atom is 0.289 e. The fourth-order valence-electron chi connectivity index (χ4n) is 2.82. The molecule has 0 saturated carbocycles. The summed E-state index contributed by atoms with van der Waals surface area (Å²) in [6, 6.07) is 17.2. The summed E-state index contributed by atoms with van der Waals surface area (Å²) in [5.74, 6) is 0.351. The lowest BCUT2D eigenvalue weighted by molar-refractivity contribution is -0.330. The number of carbonyl (C=O) groups excluding carboxylic acids is 1. The van der Waals surface area contributed by atoms with Gasteiger partial charge in [-0.3, -0.25) is 4.79 Å². The van der Waals surface area contributed by atoms with E-state index in [0.717, 1.165) is 11.0 Å². The highest BCUT2D eigenvalue weighted by molar-refractivity contribution is 6.37. The van der Waals surface area contributed by atoms with Crippen LogP contribution < -0.4 is 10.3 Å². The average Bonchev–Trinajstić information content (AvgIpc) is 3.07. The molecule has 4 N–H and O–H groups in total. The molecule has 1 aromatic heterocycles. The molecule has 1 amide bonds. The summed E-state index contributed by atoms with van der Waals surface area (Å²) in [5.41, 5.74) is 3.19. The molecule has 0 fully saturated rings. The number of aromatic amines is 2. The largest absolute Gasteiger partial charge is 0.507 e. The number of hydrogen-bond donors (Lipinski definition) is 3. The van der Waals surface area contributed by atoms with Gasteiger partial charge in [0.1, 0.15) is 11.3 Å². The zero-order valence-corrected chi connectivity index (χ0v) is 15.4. The Bertz CT molecular complexity index is 1140. The van der Waals surface area contributed by atoms with E-state index in [4.69, 9.17) is 23.2 Å². The summed E-state index contributed by atoms with van der Waals surface area (Å²) < 4.78 is 0. The Balaban J connectivity index is 1.67. The number of H-pyrrole nitrogens is 2. The molecule has 4 rings (SSSR count). The number of anilines is 1. The monoisotopic (exact) mass is 398 g/mol. The molecular formula is C20H14Cl2N3O2+. The van der Waals surface area contributed by atoms with Crippen LogP contribution in [-0.2, 0) is 0 Å². The van der Waals surface area contributed by atoms with Gasteiger partial charge in [-0.25, -0.2) is 9.97 Å². The van der Waals surface area contributed by atoms with Crippen molar-refractivity contribution in [2.75, 3.05) is 5.32 Å². The number of aromatic nitrogens is 2. The van der Waals surface area contributed by atoms with E-state index in [1.54, 1.807) is 24.3 Å². The van der Waals surface area contributed by atoms with Crippen molar-refractivity contribution in [1.82, 2.24) is 4.98 Å². The van der Waals surface area contributed by atoms with E-state index >= 15 is 0 Å². The highest BCUT2D eigenvalue weighted by Crippen LogP contribution is 2.30. The second kappa shape index (κ2) is 6.95.